The molecule has 22 heavy (non-hydrogen) atoms. The van der Waals surface area contributed by atoms with E-state index in [1.165, 1.54) is 17.3 Å². The van der Waals surface area contributed by atoms with Gasteiger partial charge in [-0.1, -0.05) is 53.6 Å². The fraction of sp³-hybridized carbons (Fsp3) is 0.176. The molecule has 0 aliphatic rings. The van der Waals surface area contributed by atoms with E-state index in [9.17, 15) is 4.79 Å². The molecule has 0 radical (unpaired) electrons. The van der Waals surface area contributed by atoms with Crippen LogP contribution in [0.3, 0.4) is 0 Å². The molecule has 0 bridgehead atoms. The first-order valence-electron chi connectivity index (χ1n) is 6.84. The fourth-order valence-electron chi connectivity index (χ4n) is 1.71. The molecule has 3 nitrogen and oxygen atoms in total. The third-order valence-electron chi connectivity index (χ3n) is 2.90. The SMILES string of the molecule is Cc1ccc(C=NNC(=O)CSCc2ccc(Cl)cc2)cc1. The van der Waals surface area contributed by atoms with E-state index >= 15 is 0 Å². The van der Waals surface area contributed by atoms with E-state index in [-0.39, 0.29) is 5.91 Å². The Morgan fingerprint density at radius 2 is 1.86 bits per heavy atom. The number of rotatable bonds is 6. The average molecular weight is 333 g/mol. The standard InChI is InChI=1S/C17H17ClN2OS/c1-13-2-4-14(5-3-13)10-19-20-17(21)12-22-11-15-6-8-16(18)9-7-15/h2-10H,11-12H2,1H3,(H,20,21). The monoisotopic (exact) mass is 332 g/mol. The number of amides is 1. The molecule has 2 aromatic rings. The van der Waals surface area contributed by atoms with Crippen LogP contribution in [0.4, 0.5) is 0 Å². The molecule has 1 amide bonds. The summed E-state index contributed by atoms with van der Waals surface area (Å²) in [5.41, 5.74) is 5.83. The van der Waals surface area contributed by atoms with Crippen LogP contribution in [0.25, 0.3) is 0 Å². The number of benzene rings is 2. The van der Waals surface area contributed by atoms with E-state index in [1.807, 2.05) is 55.5 Å². The van der Waals surface area contributed by atoms with Crippen molar-refractivity contribution in [3.63, 3.8) is 0 Å². The average Bonchev–Trinajstić information content (AvgIpc) is 2.51. The van der Waals surface area contributed by atoms with Gasteiger partial charge in [-0.05, 0) is 30.2 Å². The van der Waals surface area contributed by atoms with Crippen LogP contribution in [0, 0.1) is 6.92 Å². The third kappa shape index (κ3) is 5.92. The zero-order valence-corrected chi connectivity index (χ0v) is 13.8. The van der Waals surface area contributed by atoms with Gasteiger partial charge in [0.1, 0.15) is 0 Å². The normalized spacial score (nSPS) is 10.8. The zero-order valence-electron chi connectivity index (χ0n) is 12.3. The van der Waals surface area contributed by atoms with Gasteiger partial charge in [-0.2, -0.15) is 5.10 Å². The van der Waals surface area contributed by atoms with Crippen molar-refractivity contribution in [1.29, 1.82) is 0 Å². The van der Waals surface area contributed by atoms with Gasteiger partial charge in [0, 0.05) is 10.8 Å². The molecular formula is C17H17ClN2OS. The van der Waals surface area contributed by atoms with Gasteiger partial charge in [0.05, 0.1) is 12.0 Å². The predicted octanol–water partition coefficient (Wildman–Crippen LogP) is 4.03. The number of nitrogens with zero attached hydrogens (tertiary/aromatic N) is 1. The van der Waals surface area contributed by atoms with Crippen molar-refractivity contribution in [3.8, 4) is 0 Å². The van der Waals surface area contributed by atoms with Crippen LogP contribution in [0.2, 0.25) is 5.02 Å². The number of carbonyl (C=O) groups is 1. The Morgan fingerprint density at radius 1 is 1.18 bits per heavy atom. The summed E-state index contributed by atoms with van der Waals surface area (Å²) in [4.78, 5) is 11.7. The first-order chi connectivity index (χ1) is 10.6. The summed E-state index contributed by atoms with van der Waals surface area (Å²) in [6.45, 7) is 2.03. The summed E-state index contributed by atoms with van der Waals surface area (Å²) in [7, 11) is 0. The molecule has 0 unspecified atom stereocenters. The minimum Gasteiger partial charge on any atom is -0.272 e. The van der Waals surface area contributed by atoms with Crippen molar-refractivity contribution in [2.45, 2.75) is 12.7 Å². The molecule has 0 saturated heterocycles. The molecule has 0 aliphatic carbocycles. The number of aryl methyl sites for hydroxylation is 1. The Bertz CT molecular complexity index is 639. The summed E-state index contributed by atoms with van der Waals surface area (Å²) in [5, 5.41) is 4.67. The lowest BCUT2D eigenvalue weighted by Gasteiger charge is -2.02. The Balaban J connectivity index is 1.69. The minimum atomic E-state index is -0.109. The number of hydrazone groups is 1. The van der Waals surface area contributed by atoms with Gasteiger partial charge in [-0.15, -0.1) is 11.8 Å². The highest BCUT2D eigenvalue weighted by Gasteiger charge is 2.00. The van der Waals surface area contributed by atoms with Gasteiger partial charge in [-0.3, -0.25) is 4.79 Å². The fourth-order valence-corrected chi connectivity index (χ4v) is 2.61. The van der Waals surface area contributed by atoms with Crippen molar-refractivity contribution < 1.29 is 4.79 Å². The van der Waals surface area contributed by atoms with E-state index in [0.717, 1.165) is 21.9 Å². The van der Waals surface area contributed by atoms with E-state index in [0.29, 0.717) is 5.75 Å². The number of thioether (sulfide) groups is 1. The maximum atomic E-state index is 11.7. The van der Waals surface area contributed by atoms with Crippen LogP contribution in [0.5, 0.6) is 0 Å². The summed E-state index contributed by atoms with van der Waals surface area (Å²) >= 11 is 7.37. The summed E-state index contributed by atoms with van der Waals surface area (Å²) in [6, 6.07) is 15.6. The topological polar surface area (TPSA) is 41.5 Å². The van der Waals surface area contributed by atoms with Gasteiger partial charge in [0.15, 0.2) is 0 Å². The molecular weight excluding hydrogens is 316 g/mol. The van der Waals surface area contributed by atoms with E-state index < -0.39 is 0 Å². The Hall–Kier alpha value is -1.78. The lowest BCUT2D eigenvalue weighted by atomic mass is 10.2. The third-order valence-corrected chi connectivity index (χ3v) is 4.15. The zero-order chi connectivity index (χ0) is 15.8. The maximum absolute atomic E-state index is 11.7. The molecule has 114 valence electrons. The largest absolute Gasteiger partial charge is 0.272 e. The first-order valence-corrected chi connectivity index (χ1v) is 8.37. The number of carbonyl (C=O) groups excluding carboxylic acids is 1. The lowest BCUT2D eigenvalue weighted by molar-refractivity contribution is -0.118. The summed E-state index contributed by atoms with van der Waals surface area (Å²) in [6.07, 6.45) is 1.64. The molecule has 5 heteroatoms. The molecule has 0 fully saturated rings. The van der Waals surface area contributed by atoms with Crippen molar-refractivity contribution >= 4 is 35.5 Å². The first kappa shape index (κ1) is 16.6. The predicted molar refractivity (Wildman–Crippen MR) is 94.5 cm³/mol. The number of hydrogen-bond acceptors (Lipinski definition) is 3. The molecule has 2 aromatic carbocycles. The van der Waals surface area contributed by atoms with Crippen LogP contribution in [0.15, 0.2) is 53.6 Å². The number of halogens is 1. The van der Waals surface area contributed by atoms with Gasteiger partial charge < -0.3 is 0 Å². The Morgan fingerprint density at radius 3 is 2.55 bits per heavy atom. The van der Waals surface area contributed by atoms with Gasteiger partial charge >= 0.3 is 0 Å². The molecule has 2 rings (SSSR count). The van der Waals surface area contributed by atoms with Crippen molar-refractivity contribution in [3.05, 3.63) is 70.2 Å². The number of hydrogen-bond donors (Lipinski definition) is 1. The highest BCUT2D eigenvalue weighted by molar-refractivity contribution is 7.99. The van der Waals surface area contributed by atoms with E-state index in [1.54, 1.807) is 6.21 Å². The van der Waals surface area contributed by atoms with Gasteiger partial charge in [0.2, 0.25) is 5.91 Å². The van der Waals surface area contributed by atoms with Gasteiger partial charge in [-0.25, -0.2) is 5.43 Å². The molecule has 0 aromatic heterocycles. The summed E-state index contributed by atoms with van der Waals surface area (Å²) < 4.78 is 0. The lowest BCUT2D eigenvalue weighted by Crippen LogP contribution is -2.19. The number of nitrogens with one attached hydrogen (secondary N) is 1. The van der Waals surface area contributed by atoms with Crippen LogP contribution < -0.4 is 5.43 Å². The van der Waals surface area contributed by atoms with Crippen LogP contribution in [-0.2, 0) is 10.5 Å². The van der Waals surface area contributed by atoms with E-state index in [4.69, 9.17) is 11.6 Å². The minimum absolute atomic E-state index is 0.109. The molecule has 0 spiro atoms. The molecule has 0 heterocycles. The van der Waals surface area contributed by atoms with Crippen LogP contribution >= 0.6 is 23.4 Å². The second-order valence-electron chi connectivity index (χ2n) is 4.82. The van der Waals surface area contributed by atoms with Crippen molar-refractivity contribution in [1.82, 2.24) is 5.43 Å². The highest BCUT2D eigenvalue weighted by atomic mass is 35.5. The van der Waals surface area contributed by atoms with Crippen molar-refractivity contribution in [2.24, 2.45) is 5.10 Å². The van der Waals surface area contributed by atoms with Crippen LogP contribution in [0.1, 0.15) is 16.7 Å². The molecule has 0 atom stereocenters. The second kappa shape index (κ2) is 8.61. The highest BCUT2D eigenvalue weighted by Crippen LogP contribution is 2.15. The van der Waals surface area contributed by atoms with E-state index in [2.05, 4.69) is 10.5 Å². The molecule has 0 saturated carbocycles. The van der Waals surface area contributed by atoms with Crippen LogP contribution in [-0.4, -0.2) is 17.9 Å². The van der Waals surface area contributed by atoms with Gasteiger partial charge in [0.25, 0.3) is 0 Å². The quantitative estimate of drug-likeness (QED) is 0.641. The summed E-state index contributed by atoms with van der Waals surface area (Å²) in [5.74, 6) is 1.03. The molecule has 0 aliphatic heterocycles. The second-order valence-corrected chi connectivity index (χ2v) is 6.25. The Kier molecular flexibility index (Phi) is 6.49. The smallest absolute Gasteiger partial charge is 0.250 e. The maximum Gasteiger partial charge on any atom is 0.250 e. The van der Waals surface area contributed by atoms with Crippen molar-refractivity contribution in [2.75, 3.05) is 5.75 Å². The molecule has 1 N–H and O–H groups in total. The Labute approximate surface area is 139 Å².